The molecule has 27 heavy (non-hydrogen) atoms. The van der Waals surface area contributed by atoms with Gasteiger partial charge in [-0.3, -0.25) is 9.59 Å². The molecule has 0 aliphatic rings. The largest absolute Gasteiger partial charge is 0.495 e. The van der Waals surface area contributed by atoms with Gasteiger partial charge in [0.25, 0.3) is 5.91 Å². The van der Waals surface area contributed by atoms with Crippen LogP contribution in [0.4, 0.5) is 5.69 Å². The van der Waals surface area contributed by atoms with Crippen molar-refractivity contribution in [3.63, 3.8) is 0 Å². The van der Waals surface area contributed by atoms with Gasteiger partial charge in [0.05, 0.1) is 19.3 Å². The average Bonchev–Trinajstić information content (AvgIpc) is 2.98. The molecule has 0 unspecified atom stereocenters. The summed E-state index contributed by atoms with van der Waals surface area (Å²) in [6.45, 7) is 1.68. The molecule has 0 spiro atoms. The number of carbonyl (C=O) groups excluding carboxylic acids is 2. The summed E-state index contributed by atoms with van der Waals surface area (Å²) in [6.07, 6.45) is 0. The quantitative estimate of drug-likeness (QED) is 0.716. The molecule has 1 N–H and O–H groups in total. The first-order chi connectivity index (χ1) is 12.9. The molecule has 0 radical (unpaired) electrons. The van der Waals surface area contributed by atoms with E-state index in [0.717, 1.165) is 10.9 Å². The lowest BCUT2D eigenvalue weighted by molar-refractivity contribution is -0.116. The molecule has 3 rings (SSSR count). The average molecular weight is 387 g/mol. The molecule has 0 fully saturated rings. The second-order valence-corrected chi connectivity index (χ2v) is 6.54. The Balaban J connectivity index is 1.73. The number of para-hydroxylation sites is 1. The van der Waals surface area contributed by atoms with Crippen LogP contribution in [0.3, 0.4) is 0 Å². The summed E-state index contributed by atoms with van der Waals surface area (Å²) in [5.74, 6) is -0.0289. The van der Waals surface area contributed by atoms with Gasteiger partial charge < -0.3 is 19.4 Å². The van der Waals surface area contributed by atoms with Crippen LogP contribution in [-0.4, -0.2) is 37.4 Å². The number of carbonyl (C=O) groups is 2. The van der Waals surface area contributed by atoms with Gasteiger partial charge in [0.1, 0.15) is 11.3 Å². The molecule has 7 heteroatoms. The number of nitrogens with zero attached hydrogens (tertiary/aromatic N) is 1. The van der Waals surface area contributed by atoms with E-state index in [1.54, 1.807) is 31.3 Å². The van der Waals surface area contributed by atoms with Crippen molar-refractivity contribution in [3.05, 3.63) is 58.8 Å². The van der Waals surface area contributed by atoms with Crippen LogP contribution in [0.15, 0.2) is 46.9 Å². The number of likely N-dealkylation sites (N-methyl/N-ethyl adjacent to an activating group) is 1. The Labute approximate surface area is 161 Å². The molecule has 0 aliphatic heterocycles. The number of amides is 2. The summed E-state index contributed by atoms with van der Waals surface area (Å²) in [6, 6.07) is 12.3. The minimum absolute atomic E-state index is 0.148. The van der Waals surface area contributed by atoms with Crippen LogP contribution in [0.1, 0.15) is 16.1 Å². The highest BCUT2D eigenvalue weighted by atomic mass is 35.5. The van der Waals surface area contributed by atoms with E-state index in [4.69, 9.17) is 20.8 Å². The van der Waals surface area contributed by atoms with E-state index in [2.05, 4.69) is 5.32 Å². The van der Waals surface area contributed by atoms with Crippen LogP contribution in [0, 0.1) is 6.92 Å². The fraction of sp³-hybridized carbons (Fsp3) is 0.200. The second-order valence-electron chi connectivity index (χ2n) is 6.11. The Morgan fingerprint density at radius 3 is 2.67 bits per heavy atom. The first-order valence-electron chi connectivity index (χ1n) is 8.27. The van der Waals surface area contributed by atoms with E-state index < -0.39 is 0 Å². The number of nitrogens with one attached hydrogen (secondary N) is 1. The smallest absolute Gasteiger partial charge is 0.290 e. The van der Waals surface area contributed by atoms with E-state index >= 15 is 0 Å². The zero-order valence-electron chi connectivity index (χ0n) is 15.2. The number of methoxy groups -OCH3 is 1. The molecule has 0 atom stereocenters. The van der Waals surface area contributed by atoms with Crippen LogP contribution in [-0.2, 0) is 4.79 Å². The molecule has 2 amide bonds. The van der Waals surface area contributed by atoms with Gasteiger partial charge in [0.15, 0.2) is 5.76 Å². The minimum Gasteiger partial charge on any atom is -0.495 e. The second kappa shape index (κ2) is 7.72. The van der Waals surface area contributed by atoms with Crippen molar-refractivity contribution < 1.29 is 18.7 Å². The molecule has 6 nitrogen and oxygen atoms in total. The number of ether oxygens (including phenoxy) is 1. The number of halogens is 1. The Morgan fingerprint density at radius 2 is 1.96 bits per heavy atom. The van der Waals surface area contributed by atoms with Gasteiger partial charge in [-0.05, 0) is 31.2 Å². The minimum atomic E-state index is -0.375. The highest BCUT2D eigenvalue weighted by molar-refractivity contribution is 6.31. The molecule has 0 bridgehead atoms. The number of hydrogen-bond donors (Lipinski definition) is 1. The van der Waals surface area contributed by atoms with Crippen molar-refractivity contribution in [3.8, 4) is 5.75 Å². The van der Waals surface area contributed by atoms with Crippen LogP contribution >= 0.6 is 11.6 Å². The molecular formula is C20H19ClN2O4. The van der Waals surface area contributed by atoms with Crippen molar-refractivity contribution in [2.75, 3.05) is 26.0 Å². The van der Waals surface area contributed by atoms with Crippen molar-refractivity contribution >= 4 is 40.1 Å². The van der Waals surface area contributed by atoms with E-state index in [1.807, 2.05) is 25.1 Å². The van der Waals surface area contributed by atoms with Crippen molar-refractivity contribution in [1.82, 2.24) is 4.90 Å². The molecule has 3 aromatic rings. The van der Waals surface area contributed by atoms with Gasteiger partial charge in [0.2, 0.25) is 5.91 Å². The fourth-order valence-corrected chi connectivity index (χ4v) is 2.98. The Hall–Kier alpha value is -2.99. The topological polar surface area (TPSA) is 71.8 Å². The third-order valence-corrected chi connectivity index (χ3v) is 4.44. The van der Waals surface area contributed by atoms with E-state index in [9.17, 15) is 9.59 Å². The van der Waals surface area contributed by atoms with Gasteiger partial charge in [-0.15, -0.1) is 0 Å². The predicted molar refractivity (Wildman–Crippen MR) is 105 cm³/mol. The third-order valence-electron chi connectivity index (χ3n) is 4.20. The molecule has 0 saturated heterocycles. The molecular weight excluding hydrogens is 368 g/mol. The van der Waals surface area contributed by atoms with Gasteiger partial charge in [-0.2, -0.15) is 0 Å². The highest BCUT2D eigenvalue weighted by Gasteiger charge is 2.22. The monoisotopic (exact) mass is 386 g/mol. The molecule has 1 aromatic heterocycles. The van der Waals surface area contributed by atoms with Crippen molar-refractivity contribution in [2.24, 2.45) is 0 Å². The third kappa shape index (κ3) is 3.90. The van der Waals surface area contributed by atoms with Gasteiger partial charge in [0, 0.05) is 23.0 Å². The summed E-state index contributed by atoms with van der Waals surface area (Å²) in [5, 5.41) is 4.05. The number of anilines is 1. The standard InChI is InChI=1S/C20H19ClN2O4/c1-12-14-6-4-5-7-16(14)27-19(12)20(25)23(2)11-18(24)22-15-10-13(21)8-9-17(15)26-3/h4-10H,11H2,1-3H3,(H,22,24). The number of furan rings is 1. The molecule has 0 saturated carbocycles. The van der Waals surface area contributed by atoms with E-state index in [-0.39, 0.29) is 24.1 Å². The maximum atomic E-state index is 12.7. The lowest BCUT2D eigenvalue weighted by atomic mass is 10.1. The van der Waals surface area contributed by atoms with E-state index in [0.29, 0.717) is 22.0 Å². The summed E-state index contributed by atoms with van der Waals surface area (Å²) < 4.78 is 10.9. The molecule has 2 aromatic carbocycles. The van der Waals surface area contributed by atoms with Gasteiger partial charge in [-0.25, -0.2) is 0 Å². The zero-order chi connectivity index (χ0) is 19.6. The first-order valence-corrected chi connectivity index (χ1v) is 8.65. The lowest BCUT2D eigenvalue weighted by Gasteiger charge is -2.17. The molecule has 1 heterocycles. The Bertz CT molecular complexity index is 1010. The SMILES string of the molecule is COc1ccc(Cl)cc1NC(=O)CN(C)C(=O)c1oc2ccccc2c1C. The van der Waals surface area contributed by atoms with Gasteiger partial charge in [-0.1, -0.05) is 29.8 Å². The summed E-state index contributed by atoms with van der Waals surface area (Å²) in [7, 11) is 3.04. The Morgan fingerprint density at radius 1 is 1.22 bits per heavy atom. The van der Waals surface area contributed by atoms with E-state index in [1.165, 1.54) is 12.0 Å². The van der Waals surface area contributed by atoms with Crippen LogP contribution in [0.5, 0.6) is 5.75 Å². The summed E-state index contributed by atoms with van der Waals surface area (Å²) in [5.41, 5.74) is 1.83. The molecule has 0 aliphatic carbocycles. The van der Waals surface area contributed by atoms with Crippen molar-refractivity contribution in [1.29, 1.82) is 0 Å². The zero-order valence-corrected chi connectivity index (χ0v) is 16.0. The maximum absolute atomic E-state index is 12.7. The van der Waals surface area contributed by atoms with Gasteiger partial charge >= 0.3 is 0 Å². The van der Waals surface area contributed by atoms with Crippen LogP contribution in [0.25, 0.3) is 11.0 Å². The molecule has 140 valence electrons. The number of fused-ring (bicyclic) bond motifs is 1. The predicted octanol–water partition coefficient (Wildman–Crippen LogP) is 4.11. The maximum Gasteiger partial charge on any atom is 0.290 e. The fourth-order valence-electron chi connectivity index (χ4n) is 2.81. The number of hydrogen-bond acceptors (Lipinski definition) is 4. The highest BCUT2D eigenvalue weighted by Crippen LogP contribution is 2.28. The lowest BCUT2D eigenvalue weighted by Crippen LogP contribution is -2.35. The van der Waals surface area contributed by atoms with Crippen molar-refractivity contribution in [2.45, 2.75) is 6.92 Å². The number of aryl methyl sites for hydroxylation is 1. The van der Waals surface area contributed by atoms with Crippen LogP contribution in [0.2, 0.25) is 5.02 Å². The summed E-state index contributed by atoms with van der Waals surface area (Å²) in [4.78, 5) is 26.4. The normalized spacial score (nSPS) is 10.7. The first kappa shape index (κ1) is 18.8. The number of benzene rings is 2. The Kier molecular flexibility index (Phi) is 5.37. The van der Waals surface area contributed by atoms with Crippen LogP contribution < -0.4 is 10.1 Å². The summed E-state index contributed by atoms with van der Waals surface area (Å²) >= 11 is 5.97. The number of rotatable bonds is 5.